The molecule has 2 heterocycles. The standard InChI is InChI=1S/C14H20N6O2/c1-4-20-8-17-19-12(20)7-16-14(22)15-6-11-9(2)5-10(3)18-13(11)21/h5,8H,4,6-7H2,1-3H3,(H,18,21)(H2,15,16,22). The molecule has 0 aliphatic heterocycles. The first kappa shape index (κ1) is 15.7. The van der Waals surface area contributed by atoms with Gasteiger partial charge in [0.1, 0.15) is 6.33 Å². The summed E-state index contributed by atoms with van der Waals surface area (Å²) in [5, 5.41) is 13.1. The summed E-state index contributed by atoms with van der Waals surface area (Å²) in [5.74, 6) is 0.682. The van der Waals surface area contributed by atoms with E-state index >= 15 is 0 Å². The first-order chi connectivity index (χ1) is 10.5. The van der Waals surface area contributed by atoms with Crippen LogP contribution in [0.1, 0.15) is 29.6 Å². The zero-order valence-corrected chi connectivity index (χ0v) is 12.9. The van der Waals surface area contributed by atoms with Gasteiger partial charge in [-0.05, 0) is 32.4 Å². The van der Waals surface area contributed by atoms with E-state index < -0.39 is 0 Å². The average molecular weight is 304 g/mol. The lowest BCUT2D eigenvalue weighted by Crippen LogP contribution is -2.36. The van der Waals surface area contributed by atoms with Crippen molar-refractivity contribution >= 4 is 6.03 Å². The van der Waals surface area contributed by atoms with E-state index in [2.05, 4.69) is 25.8 Å². The van der Waals surface area contributed by atoms with Crippen molar-refractivity contribution in [2.75, 3.05) is 0 Å². The number of urea groups is 1. The van der Waals surface area contributed by atoms with Gasteiger partial charge in [0.25, 0.3) is 5.56 Å². The number of aryl methyl sites for hydroxylation is 3. The van der Waals surface area contributed by atoms with E-state index in [1.165, 1.54) is 0 Å². The number of aromatic amines is 1. The monoisotopic (exact) mass is 304 g/mol. The molecule has 0 atom stereocenters. The molecule has 0 saturated heterocycles. The number of pyridine rings is 1. The lowest BCUT2D eigenvalue weighted by molar-refractivity contribution is 0.239. The van der Waals surface area contributed by atoms with Crippen LogP contribution < -0.4 is 16.2 Å². The zero-order chi connectivity index (χ0) is 16.1. The Hall–Kier alpha value is -2.64. The molecule has 3 N–H and O–H groups in total. The van der Waals surface area contributed by atoms with Gasteiger partial charge in [0, 0.05) is 17.8 Å². The summed E-state index contributed by atoms with van der Waals surface area (Å²) in [6.45, 7) is 6.84. The van der Waals surface area contributed by atoms with Crippen LogP contribution in [0.4, 0.5) is 4.79 Å². The highest BCUT2D eigenvalue weighted by atomic mass is 16.2. The minimum absolute atomic E-state index is 0.174. The minimum Gasteiger partial charge on any atom is -0.334 e. The maximum atomic E-state index is 11.9. The molecule has 2 aromatic rings. The molecule has 0 aliphatic rings. The molecule has 22 heavy (non-hydrogen) atoms. The molecule has 0 aromatic carbocycles. The molecule has 118 valence electrons. The van der Waals surface area contributed by atoms with E-state index in [-0.39, 0.29) is 24.7 Å². The summed E-state index contributed by atoms with van der Waals surface area (Å²) < 4.78 is 1.84. The van der Waals surface area contributed by atoms with Crippen LogP contribution in [0.2, 0.25) is 0 Å². The van der Waals surface area contributed by atoms with Crippen LogP contribution in [0.25, 0.3) is 0 Å². The Bertz CT molecular complexity index is 718. The molecular weight excluding hydrogens is 284 g/mol. The summed E-state index contributed by atoms with van der Waals surface area (Å²) in [6, 6.07) is 1.52. The molecule has 0 spiro atoms. The van der Waals surface area contributed by atoms with Gasteiger partial charge >= 0.3 is 6.03 Å². The SMILES string of the molecule is CCn1cnnc1CNC(=O)NCc1c(C)cc(C)[nH]c1=O. The van der Waals surface area contributed by atoms with Gasteiger partial charge in [-0.3, -0.25) is 4.79 Å². The van der Waals surface area contributed by atoms with Crippen LogP contribution in [-0.2, 0) is 19.6 Å². The Balaban J connectivity index is 1.90. The maximum Gasteiger partial charge on any atom is 0.315 e. The van der Waals surface area contributed by atoms with Crippen molar-refractivity contribution < 1.29 is 4.79 Å². The third-order valence-corrected chi connectivity index (χ3v) is 3.36. The number of amides is 2. The average Bonchev–Trinajstić information content (AvgIpc) is 2.91. The highest BCUT2D eigenvalue weighted by molar-refractivity contribution is 5.73. The van der Waals surface area contributed by atoms with Crippen molar-refractivity contribution in [1.82, 2.24) is 30.4 Å². The predicted molar refractivity (Wildman–Crippen MR) is 81.3 cm³/mol. The first-order valence-electron chi connectivity index (χ1n) is 7.09. The molecule has 2 rings (SSSR count). The van der Waals surface area contributed by atoms with Crippen LogP contribution in [-0.4, -0.2) is 25.8 Å². The number of carbonyl (C=O) groups is 1. The fraction of sp³-hybridized carbons (Fsp3) is 0.429. The fourth-order valence-corrected chi connectivity index (χ4v) is 2.17. The smallest absolute Gasteiger partial charge is 0.315 e. The van der Waals surface area contributed by atoms with Crippen molar-refractivity contribution in [2.45, 2.75) is 40.4 Å². The van der Waals surface area contributed by atoms with E-state index in [4.69, 9.17) is 0 Å². The summed E-state index contributed by atoms with van der Waals surface area (Å²) in [4.78, 5) is 26.4. The summed E-state index contributed by atoms with van der Waals surface area (Å²) in [5.41, 5.74) is 2.03. The molecule has 8 nitrogen and oxygen atoms in total. The Morgan fingerprint density at radius 1 is 1.32 bits per heavy atom. The molecule has 8 heteroatoms. The molecule has 0 saturated carbocycles. The van der Waals surface area contributed by atoms with Crippen LogP contribution >= 0.6 is 0 Å². The first-order valence-corrected chi connectivity index (χ1v) is 7.09. The molecule has 0 fully saturated rings. The van der Waals surface area contributed by atoms with Gasteiger partial charge in [-0.15, -0.1) is 10.2 Å². The molecule has 2 aromatic heterocycles. The molecule has 2 amide bonds. The molecule has 0 radical (unpaired) electrons. The van der Waals surface area contributed by atoms with Gasteiger partial charge in [0.05, 0.1) is 13.1 Å². The number of H-pyrrole nitrogens is 1. The quantitative estimate of drug-likeness (QED) is 0.752. The van der Waals surface area contributed by atoms with Crippen molar-refractivity contribution in [3.63, 3.8) is 0 Å². The summed E-state index contributed by atoms with van der Waals surface area (Å²) in [7, 11) is 0. The third kappa shape index (κ3) is 3.72. The van der Waals surface area contributed by atoms with Gasteiger partial charge in [0.15, 0.2) is 5.82 Å². The van der Waals surface area contributed by atoms with Gasteiger partial charge in [-0.25, -0.2) is 4.79 Å². The Morgan fingerprint density at radius 2 is 2.05 bits per heavy atom. The molecule has 0 aliphatic carbocycles. The van der Waals surface area contributed by atoms with Crippen molar-refractivity contribution in [1.29, 1.82) is 0 Å². The molecule has 0 bridgehead atoms. The van der Waals surface area contributed by atoms with E-state index in [1.807, 2.05) is 31.4 Å². The number of hydrogen-bond donors (Lipinski definition) is 3. The largest absolute Gasteiger partial charge is 0.334 e. The zero-order valence-electron chi connectivity index (χ0n) is 12.9. The highest BCUT2D eigenvalue weighted by Crippen LogP contribution is 2.02. The fourth-order valence-electron chi connectivity index (χ4n) is 2.17. The number of nitrogens with zero attached hydrogens (tertiary/aromatic N) is 3. The normalized spacial score (nSPS) is 10.5. The van der Waals surface area contributed by atoms with E-state index in [0.29, 0.717) is 11.4 Å². The number of rotatable bonds is 5. The van der Waals surface area contributed by atoms with Gasteiger partial charge in [-0.2, -0.15) is 0 Å². The van der Waals surface area contributed by atoms with Gasteiger partial charge < -0.3 is 20.2 Å². The second-order valence-electron chi connectivity index (χ2n) is 5.01. The minimum atomic E-state index is -0.356. The topological polar surface area (TPSA) is 105 Å². The van der Waals surface area contributed by atoms with Crippen LogP contribution in [0.3, 0.4) is 0 Å². The summed E-state index contributed by atoms with van der Waals surface area (Å²) >= 11 is 0. The molecular formula is C14H20N6O2. The number of carbonyl (C=O) groups excluding carboxylic acids is 1. The van der Waals surface area contributed by atoms with Crippen LogP contribution in [0.5, 0.6) is 0 Å². The number of aromatic nitrogens is 4. The van der Waals surface area contributed by atoms with Crippen molar-refractivity contribution in [2.24, 2.45) is 0 Å². The number of hydrogen-bond acceptors (Lipinski definition) is 4. The van der Waals surface area contributed by atoms with E-state index in [1.54, 1.807) is 6.33 Å². The van der Waals surface area contributed by atoms with Gasteiger partial charge in [-0.1, -0.05) is 0 Å². The highest BCUT2D eigenvalue weighted by Gasteiger charge is 2.08. The second-order valence-corrected chi connectivity index (χ2v) is 5.01. The molecule has 0 unspecified atom stereocenters. The van der Waals surface area contributed by atoms with Crippen molar-refractivity contribution in [3.8, 4) is 0 Å². The third-order valence-electron chi connectivity index (χ3n) is 3.36. The maximum absolute atomic E-state index is 11.9. The van der Waals surface area contributed by atoms with Crippen LogP contribution in [0.15, 0.2) is 17.2 Å². The predicted octanol–water partition coefficient (Wildman–Crippen LogP) is 0.603. The second kappa shape index (κ2) is 6.88. The number of nitrogens with one attached hydrogen (secondary N) is 3. The Morgan fingerprint density at radius 3 is 2.73 bits per heavy atom. The Labute approximate surface area is 128 Å². The van der Waals surface area contributed by atoms with E-state index in [0.717, 1.165) is 17.8 Å². The van der Waals surface area contributed by atoms with Crippen LogP contribution in [0, 0.1) is 13.8 Å². The van der Waals surface area contributed by atoms with Gasteiger partial charge in [0.2, 0.25) is 0 Å². The summed E-state index contributed by atoms with van der Waals surface area (Å²) in [6.07, 6.45) is 1.62. The lowest BCUT2D eigenvalue weighted by atomic mass is 10.1. The van der Waals surface area contributed by atoms with Crippen molar-refractivity contribution in [3.05, 3.63) is 45.4 Å². The lowest BCUT2D eigenvalue weighted by Gasteiger charge is -2.09. The Kier molecular flexibility index (Phi) is 4.92. The van der Waals surface area contributed by atoms with E-state index in [9.17, 15) is 9.59 Å².